The average Bonchev–Trinajstić information content (AvgIpc) is 2.88. The van der Waals surface area contributed by atoms with Crippen molar-refractivity contribution in [1.82, 2.24) is 0 Å². The lowest BCUT2D eigenvalue weighted by molar-refractivity contribution is 0.0499. The molecule has 0 N–H and O–H groups in total. The van der Waals surface area contributed by atoms with Gasteiger partial charge in [0.2, 0.25) is 0 Å². The molecule has 0 aliphatic carbocycles. The van der Waals surface area contributed by atoms with Crippen molar-refractivity contribution in [3.05, 3.63) is 71.3 Å². The number of morpholine rings is 1. The Labute approximate surface area is 197 Å². The van der Waals surface area contributed by atoms with E-state index in [0.717, 1.165) is 37.0 Å². The Hall–Kier alpha value is -3.71. The van der Waals surface area contributed by atoms with Crippen LogP contribution in [0.25, 0.3) is 10.8 Å². The van der Waals surface area contributed by atoms with Gasteiger partial charge in [-0.2, -0.15) is 0 Å². The Bertz CT molecular complexity index is 1240. The predicted molar refractivity (Wildman–Crippen MR) is 130 cm³/mol. The highest BCUT2D eigenvalue weighted by Gasteiger charge is 2.35. The van der Waals surface area contributed by atoms with Gasteiger partial charge in [-0.25, -0.2) is 9.69 Å². The summed E-state index contributed by atoms with van der Waals surface area (Å²) in [6.07, 6.45) is 1.74. The van der Waals surface area contributed by atoms with E-state index in [4.69, 9.17) is 9.47 Å². The third-order valence-corrected chi connectivity index (χ3v) is 6.33. The number of nitrogens with zero attached hydrogens (tertiary/aromatic N) is 2. The topological polar surface area (TPSA) is 76.2 Å². The molecule has 3 aromatic rings. The first-order valence-corrected chi connectivity index (χ1v) is 11.6. The van der Waals surface area contributed by atoms with Crippen LogP contribution in [0.2, 0.25) is 0 Å². The summed E-state index contributed by atoms with van der Waals surface area (Å²) >= 11 is 0. The molecule has 0 bridgehead atoms. The lowest BCUT2D eigenvalue weighted by atomic mass is 9.92. The molecular weight excluding hydrogens is 432 g/mol. The van der Waals surface area contributed by atoms with E-state index in [1.54, 1.807) is 36.4 Å². The largest absolute Gasteiger partial charge is 0.462 e. The minimum absolute atomic E-state index is 0.368. The molecule has 34 heavy (non-hydrogen) atoms. The van der Waals surface area contributed by atoms with E-state index in [0.29, 0.717) is 47.6 Å². The van der Waals surface area contributed by atoms with Gasteiger partial charge < -0.3 is 14.4 Å². The Morgan fingerprint density at radius 1 is 0.941 bits per heavy atom. The zero-order chi connectivity index (χ0) is 23.7. The Morgan fingerprint density at radius 3 is 2.35 bits per heavy atom. The molecule has 2 amide bonds. The van der Waals surface area contributed by atoms with Gasteiger partial charge in [0.25, 0.3) is 11.8 Å². The highest BCUT2D eigenvalue weighted by Crippen LogP contribution is 2.37. The number of carbonyl (C=O) groups excluding carboxylic acids is 3. The Morgan fingerprint density at radius 2 is 1.65 bits per heavy atom. The van der Waals surface area contributed by atoms with Crippen molar-refractivity contribution in [3.63, 3.8) is 0 Å². The van der Waals surface area contributed by atoms with Crippen LogP contribution in [0, 0.1) is 0 Å². The van der Waals surface area contributed by atoms with Crippen LogP contribution in [0.3, 0.4) is 0 Å². The van der Waals surface area contributed by atoms with Crippen molar-refractivity contribution in [2.75, 3.05) is 42.7 Å². The van der Waals surface area contributed by atoms with E-state index in [1.165, 1.54) is 4.90 Å². The van der Waals surface area contributed by atoms with Crippen LogP contribution >= 0.6 is 0 Å². The smallest absolute Gasteiger partial charge is 0.338 e. The second kappa shape index (κ2) is 9.27. The number of benzene rings is 3. The van der Waals surface area contributed by atoms with Crippen LogP contribution in [0.5, 0.6) is 0 Å². The van der Waals surface area contributed by atoms with Gasteiger partial charge in [0.1, 0.15) is 0 Å². The number of unbranched alkanes of at least 4 members (excludes halogenated alkanes) is 1. The third kappa shape index (κ3) is 3.82. The third-order valence-electron chi connectivity index (χ3n) is 6.33. The zero-order valence-electron chi connectivity index (χ0n) is 19.1. The number of esters is 1. The summed E-state index contributed by atoms with van der Waals surface area (Å²) in [5, 5.41) is 1.58. The van der Waals surface area contributed by atoms with Gasteiger partial charge in [-0.3, -0.25) is 9.59 Å². The molecule has 2 aliphatic rings. The van der Waals surface area contributed by atoms with E-state index in [2.05, 4.69) is 4.90 Å². The first-order chi connectivity index (χ1) is 16.6. The van der Waals surface area contributed by atoms with Gasteiger partial charge in [-0.15, -0.1) is 0 Å². The van der Waals surface area contributed by atoms with E-state index in [-0.39, 0.29) is 11.8 Å². The first-order valence-electron chi connectivity index (χ1n) is 11.6. The molecule has 0 atom stereocenters. The quantitative estimate of drug-likeness (QED) is 0.309. The summed E-state index contributed by atoms with van der Waals surface area (Å²) in [5.74, 6) is -1.16. The molecule has 1 saturated heterocycles. The summed E-state index contributed by atoms with van der Waals surface area (Å²) in [6.45, 7) is 5.22. The zero-order valence-corrected chi connectivity index (χ0v) is 19.1. The maximum absolute atomic E-state index is 13.5. The van der Waals surface area contributed by atoms with Crippen molar-refractivity contribution in [1.29, 1.82) is 0 Å². The number of hydrogen-bond acceptors (Lipinski definition) is 6. The van der Waals surface area contributed by atoms with E-state index in [1.807, 2.05) is 25.1 Å². The molecule has 7 heteroatoms. The monoisotopic (exact) mass is 458 g/mol. The molecule has 2 aliphatic heterocycles. The Kier molecular flexibility index (Phi) is 6.02. The molecule has 2 heterocycles. The van der Waals surface area contributed by atoms with Crippen molar-refractivity contribution in [3.8, 4) is 0 Å². The number of carbonyl (C=O) groups is 3. The van der Waals surface area contributed by atoms with Gasteiger partial charge in [0.15, 0.2) is 0 Å². The minimum atomic E-state index is -0.415. The van der Waals surface area contributed by atoms with Crippen molar-refractivity contribution in [2.24, 2.45) is 0 Å². The first kappa shape index (κ1) is 22.1. The lowest BCUT2D eigenvalue weighted by Gasteiger charge is -2.32. The summed E-state index contributed by atoms with van der Waals surface area (Å²) in [4.78, 5) is 42.6. The normalized spacial score (nSPS) is 15.7. The van der Waals surface area contributed by atoms with Crippen molar-refractivity contribution >= 4 is 39.9 Å². The molecule has 0 aromatic heterocycles. The summed E-state index contributed by atoms with van der Waals surface area (Å²) in [5.41, 5.74) is 2.79. The highest BCUT2D eigenvalue weighted by molar-refractivity contribution is 6.36. The van der Waals surface area contributed by atoms with Gasteiger partial charge in [0.05, 0.1) is 31.1 Å². The molecule has 0 radical (unpaired) electrons. The number of ether oxygens (including phenoxy) is 2. The molecule has 5 rings (SSSR count). The van der Waals surface area contributed by atoms with Crippen LogP contribution in [0.1, 0.15) is 50.8 Å². The summed E-state index contributed by atoms with van der Waals surface area (Å²) < 4.78 is 10.7. The second-order valence-electron chi connectivity index (χ2n) is 8.44. The molecule has 1 fully saturated rings. The predicted octanol–water partition coefficient (Wildman–Crippen LogP) is 4.43. The van der Waals surface area contributed by atoms with Crippen LogP contribution in [0.4, 0.5) is 11.4 Å². The molecule has 174 valence electrons. The fraction of sp³-hybridized carbons (Fsp3) is 0.296. The van der Waals surface area contributed by atoms with Crippen LogP contribution in [-0.4, -0.2) is 50.7 Å². The number of hydrogen-bond donors (Lipinski definition) is 0. The fourth-order valence-electron chi connectivity index (χ4n) is 4.53. The van der Waals surface area contributed by atoms with E-state index < -0.39 is 5.97 Å². The number of rotatable bonds is 6. The van der Waals surface area contributed by atoms with Crippen LogP contribution in [-0.2, 0) is 9.47 Å². The van der Waals surface area contributed by atoms with Crippen molar-refractivity contribution in [2.45, 2.75) is 19.8 Å². The maximum Gasteiger partial charge on any atom is 0.338 e. The van der Waals surface area contributed by atoms with Gasteiger partial charge >= 0.3 is 5.97 Å². The van der Waals surface area contributed by atoms with Crippen LogP contribution < -0.4 is 9.80 Å². The molecule has 3 aromatic carbocycles. The minimum Gasteiger partial charge on any atom is -0.462 e. The summed E-state index contributed by atoms with van der Waals surface area (Å²) in [7, 11) is 0. The SMILES string of the molecule is CCCCOC(=O)c1ccc(N2C(=O)c3cccc4c(N5CCOCC5)ccc(c34)C2=O)cc1. The molecule has 7 nitrogen and oxygen atoms in total. The molecular formula is C27H26N2O5. The summed E-state index contributed by atoms with van der Waals surface area (Å²) in [6, 6.07) is 15.7. The second-order valence-corrected chi connectivity index (χ2v) is 8.44. The molecule has 0 unspecified atom stereocenters. The van der Waals surface area contributed by atoms with E-state index in [9.17, 15) is 14.4 Å². The van der Waals surface area contributed by atoms with E-state index >= 15 is 0 Å². The van der Waals surface area contributed by atoms with Gasteiger partial charge in [0, 0.05) is 40.7 Å². The molecule has 0 saturated carbocycles. The standard InChI is InChI=1S/C27H26N2O5/c1-2-3-15-34-27(32)18-7-9-19(10-8-18)29-25(30)21-6-4-5-20-23(28-13-16-33-17-14-28)12-11-22(24(20)21)26(29)31/h4-12H,2-3,13-17H2,1H3. The highest BCUT2D eigenvalue weighted by atomic mass is 16.5. The molecule has 0 spiro atoms. The number of anilines is 2. The van der Waals surface area contributed by atoms with Gasteiger partial charge in [-0.05, 0) is 48.9 Å². The van der Waals surface area contributed by atoms with Crippen molar-refractivity contribution < 1.29 is 23.9 Å². The van der Waals surface area contributed by atoms with Gasteiger partial charge in [-0.1, -0.05) is 25.5 Å². The average molecular weight is 459 g/mol. The number of amides is 2. The lowest BCUT2D eigenvalue weighted by Crippen LogP contribution is -2.41. The number of imide groups is 1. The fourth-order valence-corrected chi connectivity index (χ4v) is 4.53. The maximum atomic E-state index is 13.5. The van der Waals surface area contributed by atoms with Crippen LogP contribution in [0.15, 0.2) is 54.6 Å². The Balaban J connectivity index is 1.48.